The summed E-state index contributed by atoms with van der Waals surface area (Å²) in [6.07, 6.45) is 0.501. The maximum Gasteiger partial charge on any atom is 0.312 e. The second kappa shape index (κ2) is 8.62. The SMILES string of the molecule is CC(Cc1cccc(Cl)c1)C(=O)NCC(C(=O)O)c1ccc(F)cc1. The summed E-state index contributed by atoms with van der Waals surface area (Å²) >= 11 is 5.93. The zero-order chi connectivity index (χ0) is 18.4. The van der Waals surface area contributed by atoms with E-state index in [9.17, 15) is 19.1 Å². The fourth-order valence-electron chi connectivity index (χ4n) is 2.53. The molecule has 0 spiro atoms. The van der Waals surface area contributed by atoms with Gasteiger partial charge in [0.05, 0.1) is 5.92 Å². The summed E-state index contributed by atoms with van der Waals surface area (Å²) in [6.45, 7) is 1.71. The average Bonchev–Trinajstić information content (AvgIpc) is 2.56. The lowest BCUT2D eigenvalue weighted by Crippen LogP contribution is -2.35. The molecule has 0 fully saturated rings. The molecule has 2 unspecified atom stereocenters. The predicted molar refractivity (Wildman–Crippen MR) is 94.1 cm³/mol. The smallest absolute Gasteiger partial charge is 0.312 e. The van der Waals surface area contributed by atoms with Gasteiger partial charge in [-0.25, -0.2) is 4.39 Å². The molecule has 6 heteroatoms. The van der Waals surface area contributed by atoms with Crippen molar-refractivity contribution in [2.24, 2.45) is 5.92 Å². The molecule has 2 aromatic carbocycles. The number of carbonyl (C=O) groups excluding carboxylic acids is 1. The van der Waals surface area contributed by atoms with Crippen LogP contribution in [0, 0.1) is 11.7 Å². The Bertz CT molecular complexity index is 749. The summed E-state index contributed by atoms with van der Waals surface area (Å²) < 4.78 is 13.0. The van der Waals surface area contributed by atoms with Gasteiger partial charge < -0.3 is 10.4 Å². The van der Waals surface area contributed by atoms with Gasteiger partial charge in [0.2, 0.25) is 5.91 Å². The number of halogens is 2. The maximum absolute atomic E-state index is 13.0. The molecule has 0 aliphatic carbocycles. The Morgan fingerprint density at radius 2 is 1.88 bits per heavy atom. The number of benzene rings is 2. The number of carboxylic acids is 1. The van der Waals surface area contributed by atoms with Crippen molar-refractivity contribution in [1.82, 2.24) is 5.32 Å². The van der Waals surface area contributed by atoms with Crippen molar-refractivity contribution in [3.05, 3.63) is 70.5 Å². The topological polar surface area (TPSA) is 66.4 Å². The molecule has 132 valence electrons. The van der Waals surface area contributed by atoms with Crippen molar-refractivity contribution in [3.63, 3.8) is 0 Å². The van der Waals surface area contributed by atoms with Crippen LogP contribution in [0.4, 0.5) is 4.39 Å². The third-order valence-corrected chi connectivity index (χ3v) is 4.16. The van der Waals surface area contributed by atoms with Crippen LogP contribution in [-0.2, 0) is 16.0 Å². The van der Waals surface area contributed by atoms with Crippen LogP contribution >= 0.6 is 11.6 Å². The van der Waals surface area contributed by atoms with Gasteiger partial charge >= 0.3 is 5.97 Å². The minimum atomic E-state index is -1.07. The molecule has 0 heterocycles. The number of nitrogens with one attached hydrogen (secondary N) is 1. The van der Waals surface area contributed by atoms with Crippen LogP contribution in [-0.4, -0.2) is 23.5 Å². The molecule has 0 saturated heterocycles. The molecule has 0 bridgehead atoms. The van der Waals surface area contributed by atoms with Crippen LogP contribution in [0.1, 0.15) is 24.0 Å². The molecule has 2 aromatic rings. The Morgan fingerprint density at radius 1 is 1.20 bits per heavy atom. The van der Waals surface area contributed by atoms with Crippen molar-refractivity contribution in [1.29, 1.82) is 0 Å². The number of hydrogen-bond donors (Lipinski definition) is 2. The Hall–Kier alpha value is -2.40. The molecule has 4 nitrogen and oxygen atoms in total. The number of carboxylic acid groups (broad SMARTS) is 1. The lowest BCUT2D eigenvalue weighted by atomic mass is 9.97. The van der Waals surface area contributed by atoms with Gasteiger partial charge in [0.15, 0.2) is 0 Å². The monoisotopic (exact) mass is 363 g/mol. The number of rotatable bonds is 7. The van der Waals surface area contributed by atoms with Gasteiger partial charge in [-0.15, -0.1) is 0 Å². The number of amides is 1. The van der Waals surface area contributed by atoms with Crippen molar-refractivity contribution in [3.8, 4) is 0 Å². The van der Waals surface area contributed by atoms with Gasteiger partial charge in [0.1, 0.15) is 5.82 Å². The van der Waals surface area contributed by atoms with Gasteiger partial charge in [-0.3, -0.25) is 9.59 Å². The summed E-state index contributed by atoms with van der Waals surface area (Å²) in [5.74, 6) is -3.01. The number of carbonyl (C=O) groups is 2. The molecule has 0 saturated carbocycles. The molecule has 2 N–H and O–H groups in total. The molecular weight excluding hydrogens is 345 g/mol. The second-order valence-corrected chi connectivity index (χ2v) is 6.36. The van der Waals surface area contributed by atoms with Crippen molar-refractivity contribution in [2.45, 2.75) is 19.3 Å². The molecule has 1 amide bonds. The van der Waals surface area contributed by atoms with E-state index in [2.05, 4.69) is 5.32 Å². The van der Waals surface area contributed by atoms with E-state index in [1.54, 1.807) is 19.1 Å². The number of aliphatic carboxylic acids is 1. The van der Waals surface area contributed by atoms with E-state index in [0.29, 0.717) is 17.0 Å². The summed E-state index contributed by atoms with van der Waals surface area (Å²) in [5.41, 5.74) is 1.38. The Morgan fingerprint density at radius 3 is 2.48 bits per heavy atom. The largest absolute Gasteiger partial charge is 0.481 e. The molecule has 2 rings (SSSR count). The van der Waals surface area contributed by atoms with E-state index >= 15 is 0 Å². The first kappa shape index (κ1) is 18.9. The Balaban J connectivity index is 1.96. The molecule has 25 heavy (non-hydrogen) atoms. The van der Waals surface area contributed by atoms with Gasteiger partial charge in [0, 0.05) is 17.5 Å². The van der Waals surface area contributed by atoms with Crippen molar-refractivity contribution < 1.29 is 19.1 Å². The summed E-state index contributed by atoms with van der Waals surface area (Å²) in [5, 5.41) is 12.6. The number of hydrogen-bond acceptors (Lipinski definition) is 2. The van der Waals surface area contributed by atoms with Crippen LogP contribution in [0.3, 0.4) is 0 Å². The predicted octanol–water partition coefficient (Wildman–Crippen LogP) is 3.64. The van der Waals surface area contributed by atoms with Crippen LogP contribution in [0.25, 0.3) is 0 Å². The lowest BCUT2D eigenvalue weighted by molar-refractivity contribution is -0.138. The van der Waals surface area contributed by atoms with Gasteiger partial charge in [-0.05, 0) is 41.8 Å². The lowest BCUT2D eigenvalue weighted by Gasteiger charge is -2.17. The fourth-order valence-corrected chi connectivity index (χ4v) is 2.74. The minimum absolute atomic E-state index is 0.0559. The normalized spacial score (nSPS) is 13.1. The van der Waals surface area contributed by atoms with Crippen molar-refractivity contribution >= 4 is 23.5 Å². The van der Waals surface area contributed by atoms with Crippen LogP contribution in [0.2, 0.25) is 5.02 Å². The third-order valence-electron chi connectivity index (χ3n) is 3.93. The molecule has 0 radical (unpaired) electrons. The molecular formula is C19H19ClFNO3. The van der Waals surface area contributed by atoms with E-state index in [1.165, 1.54) is 24.3 Å². The summed E-state index contributed by atoms with van der Waals surface area (Å²) in [7, 11) is 0. The van der Waals surface area contributed by atoms with Crippen LogP contribution in [0.5, 0.6) is 0 Å². The standard InChI is InChI=1S/C19H19ClFNO3/c1-12(9-13-3-2-4-15(20)10-13)18(23)22-11-17(19(24)25)14-5-7-16(21)8-6-14/h2-8,10,12,17H,9,11H2,1H3,(H,22,23)(H,24,25). The fraction of sp³-hybridized carbons (Fsp3) is 0.263. The van der Waals surface area contributed by atoms with E-state index in [0.717, 1.165) is 5.56 Å². The van der Waals surface area contributed by atoms with Crippen molar-refractivity contribution in [2.75, 3.05) is 6.54 Å². The first-order valence-corrected chi connectivity index (χ1v) is 8.25. The maximum atomic E-state index is 13.0. The highest BCUT2D eigenvalue weighted by atomic mass is 35.5. The zero-order valence-corrected chi connectivity index (χ0v) is 14.5. The summed E-state index contributed by atoms with van der Waals surface area (Å²) in [6, 6.07) is 12.5. The quantitative estimate of drug-likeness (QED) is 0.789. The van der Waals surface area contributed by atoms with E-state index in [-0.39, 0.29) is 18.4 Å². The molecule has 0 aliphatic heterocycles. The minimum Gasteiger partial charge on any atom is -0.481 e. The van der Waals surface area contributed by atoms with E-state index < -0.39 is 17.7 Å². The van der Waals surface area contributed by atoms with Gasteiger partial charge in [0.25, 0.3) is 0 Å². The molecule has 0 aliphatic rings. The van der Waals surface area contributed by atoms with Gasteiger partial charge in [-0.2, -0.15) is 0 Å². The van der Waals surface area contributed by atoms with E-state index in [1.807, 2.05) is 12.1 Å². The zero-order valence-electron chi connectivity index (χ0n) is 13.7. The van der Waals surface area contributed by atoms with E-state index in [4.69, 9.17) is 11.6 Å². The average molecular weight is 364 g/mol. The first-order chi connectivity index (χ1) is 11.9. The Labute approximate surface area is 150 Å². The van der Waals surface area contributed by atoms with Gasteiger partial charge in [-0.1, -0.05) is 42.8 Å². The van der Waals surface area contributed by atoms with Crippen LogP contribution in [0.15, 0.2) is 48.5 Å². The molecule has 2 atom stereocenters. The highest BCUT2D eigenvalue weighted by Crippen LogP contribution is 2.17. The summed E-state index contributed by atoms with van der Waals surface area (Å²) in [4.78, 5) is 23.7. The third kappa shape index (κ3) is 5.57. The highest BCUT2D eigenvalue weighted by molar-refractivity contribution is 6.30. The highest BCUT2D eigenvalue weighted by Gasteiger charge is 2.22. The van der Waals surface area contributed by atoms with Crippen LogP contribution < -0.4 is 5.32 Å². The molecule has 0 aromatic heterocycles. The second-order valence-electron chi connectivity index (χ2n) is 5.92. The Kier molecular flexibility index (Phi) is 6.53. The first-order valence-electron chi connectivity index (χ1n) is 7.87.